The number of ether oxygens (including phenoxy) is 5. The van der Waals surface area contributed by atoms with E-state index in [2.05, 4.69) is 0 Å². The van der Waals surface area contributed by atoms with Crippen LogP contribution in [-0.4, -0.2) is 106 Å². The molecule has 0 spiro atoms. The molecule has 3 aliphatic rings. The van der Waals surface area contributed by atoms with E-state index in [0.29, 0.717) is 5.75 Å². The van der Waals surface area contributed by atoms with Crippen LogP contribution in [0.2, 0.25) is 0 Å². The van der Waals surface area contributed by atoms with Crippen molar-refractivity contribution in [1.29, 1.82) is 0 Å². The number of fused-ring (bicyclic) bond motifs is 1. The number of aliphatic hydroxyl groups excluding tert-OH is 5. The highest BCUT2D eigenvalue weighted by atomic mass is 16.8. The Kier molecular flexibility index (Phi) is 7.45. The van der Waals surface area contributed by atoms with E-state index in [4.69, 9.17) is 23.7 Å². The number of esters is 1. The fourth-order valence-electron chi connectivity index (χ4n) is 4.41. The van der Waals surface area contributed by atoms with Crippen LogP contribution >= 0.6 is 0 Å². The molecule has 2 aliphatic heterocycles. The monoisotopic (exact) mass is 496 g/mol. The van der Waals surface area contributed by atoms with Crippen LogP contribution in [0.1, 0.15) is 10.4 Å². The lowest BCUT2D eigenvalue weighted by Crippen LogP contribution is -2.61. The molecule has 12 heteroatoms. The van der Waals surface area contributed by atoms with Crippen molar-refractivity contribution in [3.63, 3.8) is 0 Å². The van der Waals surface area contributed by atoms with Crippen LogP contribution in [-0.2, 0) is 18.9 Å². The molecule has 192 valence electrons. The lowest BCUT2D eigenvalue weighted by molar-refractivity contribution is -0.344. The van der Waals surface area contributed by atoms with Crippen molar-refractivity contribution in [2.75, 3.05) is 20.3 Å². The molecule has 2 heterocycles. The number of hydrogen-bond acceptors (Lipinski definition) is 12. The van der Waals surface area contributed by atoms with Crippen LogP contribution in [0.4, 0.5) is 0 Å². The van der Waals surface area contributed by atoms with Gasteiger partial charge in [-0.2, -0.15) is 0 Å². The van der Waals surface area contributed by atoms with Crippen molar-refractivity contribution in [3.05, 3.63) is 53.8 Å². The minimum absolute atomic E-state index is 0.210. The maximum Gasteiger partial charge on any atom is 0.338 e. The van der Waals surface area contributed by atoms with Crippen molar-refractivity contribution < 1.29 is 59.1 Å². The van der Waals surface area contributed by atoms with E-state index in [1.807, 2.05) is 0 Å². The first-order valence-corrected chi connectivity index (χ1v) is 10.9. The van der Waals surface area contributed by atoms with Crippen molar-refractivity contribution in [1.82, 2.24) is 0 Å². The summed E-state index contributed by atoms with van der Waals surface area (Å²) in [6, 6.07) is 6.16. The van der Waals surface area contributed by atoms with Gasteiger partial charge in [0, 0.05) is 0 Å². The van der Waals surface area contributed by atoms with E-state index in [0.717, 1.165) is 6.26 Å². The first kappa shape index (κ1) is 25.5. The number of carbonyl (C=O) groups is 1. The standard InChI is InChI=1S/C23H28O12/c1-31-13-4-2-11(3-5-13)20(29)34-15-8-12(9-24)16-21(32-7-6-23(15,16)30)35-22-19(28)18(27)17(26)14(10-25)33-22/h2-8,14-19,21-22,24-28,30H,9-10H2,1H3/t14-,15+,16+,17-,18+,19-,21+,22+,23-/m1/s1. The number of methoxy groups -OCH3 is 1. The first-order chi connectivity index (χ1) is 16.7. The fourth-order valence-corrected chi connectivity index (χ4v) is 4.41. The minimum atomic E-state index is -1.88. The molecule has 35 heavy (non-hydrogen) atoms. The lowest BCUT2D eigenvalue weighted by Gasteiger charge is -2.44. The maximum atomic E-state index is 12.7. The summed E-state index contributed by atoms with van der Waals surface area (Å²) in [5, 5.41) is 61.1. The van der Waals surface area contributed by atoms with Crippen LogP contribution in [0.3, 0.4) is 0 Å². The SMILES string of the molecule is COc1ccc(C(=O)O[C@H]2C=C(CO)[C@H]3[C@H](O[C@@H]4O[C@H](CO)[C@@H](O)[C@H](O)[C@H]4O)OC=C[C@@]23O)cc1. The Morgan fingerprint density at radius 2 is 1.77 bits per heavy atom. The number of hydrogen-bond donors (Lipinski definition) is 6. The van der Waals surface area contributed by atoms with E-state index < -0.39 is 73.8 Å². The predicted molar refractivity (Wildman–Crippen MR) is 115 cm³/mol. The number of rotatable bonds is 7. The van der Waals surface area contributed by atoms with Gasteiger partial charge in [-0.25, -0.2) is 4.79 Å². The number of aliphatic hydroxyl groups is 6. The summed E-state index contributed by atoms with van der Waals surface area (Å²) in [5.41, 5.74) is -1.43. The van der Waals surface area contributed by atoms with Crippen LogP contribution in [0.15, 0.2) is 48.3 Å². The predicted octanol–water partition coefficient (Wildman–Crippen LogP) is -1.81. The van der Waals surface area contributed by atoms with Crippen LogP contribution < -0.4 is 4.74 Å². The van der Waals surface area contributed by atoms with Gasteiger partial charge in [0.25, 0.3) is 0 Å². The summed E-state index contributed by atoms with van der Waals surface area (Å²) in [5.74, 6) is -1.27. The largest absolute Gasteiger partial charge is 0.497 e. The van der Waals surface area contributed by atoms with Gasteiger partial charge in [-0.1, -0.05) is 0 Å². The molecule has 9 atom stereocenters. The van der Waals surface area contributed by atoms with Gasteiger partial charge in [0.2, 0.25) is 6.29 Å². The zero-order chi connectivity index (χ0) is 25.3. The maximum absolute atomic E-state index is 12.7. The van der Waals surface area contributed by atoms with E-state index in [1.54, 1.807) is 12.1 Å². The summed E-state index contributed by atoms with van der Waals surface area (Å²) in [6.45, 7) is -1.19. The van der Waals surface area contributed by atoms with Crippen LogP contribution in [0.25, 0.3) is 0 Å². The molecule has 4 rings (SSSR count). The normalized spacial score (nSPS) is 38.3. The molecule has 12 nitrogen and oxygen atoms in total. The van der Waals surface area contributed by atoms with Gasteiger partial charge in [-0.15, -0.1) is 0 Å². The van der Waals surface area contributed by atoms with Gasteiger partial charge < -0.3 is 54.3 Å². The smallest absolute Gasteiger partial charge is 0.338 e. The van der Waals surface area contributed by atoms with Gasteiger partial charge in [-0.3, -0.25) is 0 Å². The Labute approximate surface area is 200 Å². The molecule has 0 bridgehead atoms. The van der Waals surface area contributed by atoms with E-state index in [9.17, 15) is 35.4 Å². The summed E-state index contributed by atoms with van der Waals surface area (Å²) in [7, 11) is 1.49. The molecule has 0 unspecified atom stereocenters. The summed E-state index contributed by atoms with van der Waals surface area (Å²) in [4.78, 5) is 12.7. The van der Waals surface area contributed by atoms with Crippen molar-refractivity contribution in [3.8, 4) is 5.75 Å². The average molecular weight is 496 g/mol. The first-order valence-electron chi connectivity index (χ1n) is 10.9. The molecular weight excluding hydrogens is 468 g/mol. The van der Waals surface area contributed by atoms with Gasteiger partial charge in [-0.05, 0) is 42.0 Å². The zero-order valence-electron chi connectivity index (χ0n) is 18.7. The molecule has 1 saturated heterocycles. The number of benzene rings is 1. The molecule has 1 aromatic carbocycles. The number of carbonyl (C=O) groups excluding carboxylic acids is 1. The molecule has 1 fully saturated rings. The zero-order valence-corrected chi connectivity index (χ0v) is 18.7. The van der Waals surface area contributed by atoms with Gasteiger partial charge in [0.05, 0.1) is 38.1 Å². The van der Waals surface area contributed by atoms with Crippen molar-refractivity contribution in [2.24, 2.45) is 5.92 Å². The van der Waals surface area contributed by atoms with E-state index >= 15 is 0 Å². The molecule has 1 aliphatic carbocycles. The minimum Gasteiger partial charge on any atom is -0.497 e. The molecule has 0 aromatic heterocycles. The summed E-state index contributed by atoms with van der Waals surface area (Å²) < 4.78 is 27.1. The highest BCUT2D eigenvalue weighted by Gasteiger charge is 2.57. The second-order valence-corrected chi connectivity index (χ2v) is 8.46. The Balaban J connectivity index is 1.53. The van der Waals surface area contributed by atoms with Crippen molar-refractivity contribution >= 4 is 5.97 Å². The van der Waals surface area contributed by atoms with Gasteiger partial charge in [0.1, 0.15) is 35.8 Å². The van der Waals surface area contributed by atoms with Gasteiger partial charge >= 0.3 is 5.97 Å². The summed E-state index contributed by atoms with van der Waals surface area (Å²) >= 11 is 0. The average Bonchev–Trinajstić information content (AvgIpc) is 3.16. The van der Waals surface area contributed by atoms with E-state index in [-0.39, 0.29) is 11.1 Å². The highest BCUT2D eigenvalue weighted by molar-refractivity contribution is 5.89. The second kappa shape index (κ2) is 10.2. The molecule has 0 amide bonds. The lowest BCUT2D eigenvalue weighted by atomic mass is 9.83. The third-order valence-electron chi connectivity index (χ3n) is 6.40. The molecule has 0 radical (unpaired) electrons. The van der Waals surface area contributed by atoms with E-state index in [1.165, 1.54) is 31.4 Å². The molecular formula is C23H28O12. The van der Waals surface area contributed by atoms with Crippen LogP contribution in [0.5, 0.6) is 5.75 Å². The quantitative estimate of drug-likeness (QED) is 0.184. The van der Waals surface area contributed by atoms with Crippen molar-refractivity contribution in [2.45, 2.75) is 48.7 Å². The third kappa shape index (κ3) is 4.67. The van der Waals surface area contributed by atoms with Crippen LogP contribution in [0, 0.1) is 5.92 Å². The third-order valence-corrected chi connectivity index (χ3v) is 6.40. The molecule has 1 aromatic rings. The highest BCUT2D eigenvalue weighted by Crippen LogP contribution is 2.45. The van der Waals surface area contributed by atoms with Gasteiger partial charge in [0.15, 0.2) is 12.4 Å². The Morgan fingerprint density at radius 3 is 2.40 bits per heavy atom. The Bertz CT molecular complexity index is 960. The topological polar surface area (TPSA) is 185 Å². The molecule has 0 saturated carbocycles. The summed E-state index contributed by atoms with van der Waals surface area (Å²) in [6.07, 6.45) is -6.54. The fraction of sp³-hybridized carbons (Fsp3) is 0.522. The molecule has 6 N–H and O–H groups in total. The second-order valence-electron chi connectivity index (χ2n) is 8.46. The Morgan fingerprint density at radius 1 is 1.06 bits per heavy atom. The Hall–Kier alpha value is -2.55.